The van der Waals surface area contributed by atoms with Gasteiger partial charge in [0.1, 0.15) is 34.3 Å². The summed E-state index contributed by atoms with van der Waals surface area (Å²) in [5.41, 5.74) is 9.93. The van der Waals surface area contributed by atoms with Crippen molar-refractivity contribution in [2.75, 3.05) is 60.6 Å². The van der Waals surface area contributed by atoms with Crippen LogP contribution in [0.15, 0.2) is 200 Å². The highest BCUT2D eigenvalue weighted by atomic mass is 16.5. The maximum Gasteiger partial charge on any atom is 0.270 e. The molecule has 3 N–H and O–H groups in total. The minimum atomic E-state index is -0.320. The molecule has 1 aliphatic heterocycles. The lowest BCUT2D eigenvalue weighted by Gasteiger charge is -2.26. The van der Waals surface area contributed by atoms with Crippen molar-refractivity contribution in [2.45, 2.75) is 58.5 Å². The lowest BCUT2D eigenvalue weighted by molar-refractivity contribution is 0.0926. The number of methoxy groups -OCH3 is 3. The quantitative estimate of drug-likeness (QED) is 0.0698. The monoisotopic (exact) mass is 1230 g/mol. The summed E-state index contributed by atoms with van der Waals surface area (Å²) >= 11 is 0. The van der Waals surface area contributed by atoms with Crippen LogP contribution in [-0.2, 0) is 19.6 Å². The Balaban J connectivity index is 0.997. The molecule has 1 aliphatic rings. The van der Waals surface area contributed by atoms with Gasteiger partial charge in [0, 0.05) is 92.3 Å². The molecule has 1 fully saturated rings. The first-order chi connectivity index (χ1) is 45.3. The van der Waals surface area contributed by atoms with Crippen molar-refractivity contribution in [3.63, 3.8) is 0 Å². The van der Waals surface area contributed by atoms with Gasteiger partial charge >= 0.3 is 0 Å². The Bertz CT molecular complexity index is 3770. The van der Waals surface area contributed by atoms with Crippen LogP contribution in [0, 0.1) is 35.5 Å². The molecule has 9 aromatic rings. The molecule has 3 atom stereocenters. The molecule has 0 saturated carbocycles. The molecule has 10 rings (SSSR count). The van der Waals surface area contributed by atoms with Crippen molar-refractivity contribution >= 4 is 17.7 Å². The van der Waals surface area contributed by atoms with E-state index >= 15 is 0 Å². The summed E-state index contributed by atoms with van der Waals surface area (Å²) in [7, 11) is 4.88. The van der Waals surface area contributed by atoms with Crippen LogP contribution in [0.25, 0.3) is 0 Å². The van der Waals surface area contributed by atoms with Gasteiger partial charge in [-0.3, -0.25) is 29.1 Å². The van der Waals surface area contributed by atoms with E-state index in [9.17, 15) is 14.4 Å². The predicted octanol–water partition coefficient (Wildman–Crippen LogP) is 11.4. The van der Waals surface area contributed by atoms with Crippen LogP contribution in [0.4, 0.5) is 0 Å². The van der Waals surface area contributed by atoms with Crippen LogP contribution in [0.2, 0.25) is 0 Å². The Kier molecular flexibility index (Phi) is 22.6. The van der Waals surface area contributed by atoms with E-state index in [0.29, 0.717) is 92.7 Å². The zero-order valence-corrected chi connectivity index (χ0v) is 53.3. The first-order valence-electron chi connectivity index (χ1n) is 31.1. The van der Waals surface area contributed by atoms with Gasteiger partial charge in [-0.05, 0) is 147 Å². The number of ether oxygens (including phenoxy) is 3. The molecule has 3 amide bonds. The van der Waals surface area contributed by atoms with E-state index in [4.69, 9.17) is 29.2 Å². The van der Waals surface area contributed by atoms with E-state index < -0.39 is 0 Å². The SMILES string of the molecule is COc1ccc(C#Cc2cc(CN3CCN(Cc4cc(C#Cc5ccc(OC)cc5)cc(C(=O)N[C@@H](C)c5ccccc5)n4)CCN(Cc4cc(C#Cc5ccc(OC)cc5)cc(C(=O)N[C@@H](C)c5ccccc5)n4)CC3)nc(C(=O)N[C@@H](C)c3ccccc3)c2)cc1. The summed E-state index contributed by atoms with van der Waals surface area (Å²) < 4.78 is 16.2. The number of rotatable bonds is 18. The first kappa shape index (κ1) is 65.1. The summed E-state index contributed by atoms with van der Waals surface area (Å²) in [6.07, 6.45) is 0. The molecule has 0 radical (unpaired) electrons. The van der Waals surface area contributed by atoms with E-state index in [-0.39, 0.29) is 52.9 Å². The second-order valence-corrected chi connectivity index (χ2v) is 22.8. The predicted molar refractivity (Wildman–Crippen MR) is 362 cm³/mol. The standard InChI is InChI=1S/C78H75N9O6/c1-55(64-16-10-7-11-17-64)79-76(88)73-49-61(25-22-58-28-34-70(91-4)35-29-58)46-67(82-73)52-85-40-42-86(53-68-47-62(26-23-59-30-36-71(92-5)37-31-59)50-74(83-68)77(89)80-56(2)65-18-12-8-13-19-65)44-45-87(43-41-85)54-69-48-63(27-24-60-32-38-72(93-6)39-33-60)51-75(84-69)78(90)81-57(3)66-20-14-9-15-21-66/h7-21,28-39,46-51,55-57H,40-45,52-54H2,1-6H3,(H,79,88)(H,80,89)(H,81,90)/t55-,56-,57-/m0/s1. The number of amides is 3. The van der Waals surface area contributed by atoms with E-state index in [1.807, 2.05) is 203 Å². The number of carbonyl (C=O) groups excluding carboxylic acids is 3. The van der Waals surface area contributed by atoms with Gasteiger partial charge in [-0.15, -0.1) is 0 Å². The summed E-state index contributed by atoms with van der Waals surface area (Å²) in [4.78, 5) is 65.0. The minimum Gasteiger partial charge on any atom is -0.497 e. The van der Waals surface area contributed by atoms with Gasteiger partial charge in [-0.2, -0.15) is 0 Å². The number of nitrogens with zero attached hydrogens (tertiary/aromatic N) is 6. The van der Waals surface area contributed by atoms with Crippen LogP contribution >= 0.6 is 0 Å². The number of hydrogen-bond donors (Lipinski definition) is 3. The van der Waals surface area contributed by atoms with Gasteiger partial charge < -0.3 is 30.2 Å². The Morgan fingerprint density at radius 1 is 0.355 bits per heavy atom. The Hall–Kier alpha value is -10.9. The summed E-state index contributed by atoms with van der Waals surface area (Å²) in [6, 6.07) is 62.3. The van der Waals surface area contributed by atoms with Crippen molar-refractivity contribution in [2.24, 2.45) is 0 Å². The van der Waals surface area contributed by atoms with E-state index in [1.165, 1.54) is 0 Å². The van der Waals surface area contributed by atoms with Crippen molar-refractivity contribution < 1.29 is 28.6 Å². The van der Waals surface area contributed by atoms with Crippen LogP contribution in [0.3, 0.4) is 0 Å². The highest BCUT2D eigenvalue weighted by molar-refractivity contribution is 5.94. The van der Waals surface area contributed by atoms with E-state index in [1.54, 1.807) is 39.5 Å². The number of pyridine rings is 3. The number of benzene rings is 6. The summed E-state index contributed by atoms with van der Waals surface area (Å²) in [5.74, 6) is 21.0. The van der Waals surface area contributed by atoms with Gasteiger partial charge in [0.2, 0.25) is 0 Å². The maximum absolute atomic E-state index is 14.3. The fourth-order valence-electron chi connectivity index (χ4n) is 10.7. The third-order valence-corrected chi connectivity index (χ3v) is 16.0. The largest absolute Gasteiger partial charge is 0.497 e. The van der Waals surface area contributed by atoms with Gasteiger partial charge in [0.15, 0.2) is 0 Å². The minimum absolute atomic E-state index is 0.250. The fraction of sp³-hybridized carbons (Fsp3) is 0.231. The van der Waals surface area contributed by atoms with Gasteiger partial charge in [0.25, 0.3) is 17.7 Å². The normalized spacial score (nSPS) is 13.6. The molecule has 15 heteroatoms. The van der Waals surface area contributed by atoms with Gasteiger partial charge in [-0.1, -0.05) is 127 Å². The van der Waals surface area contributed by atoms with Crippen molar-refractivity contribution in [3.05, 3.63) is 284 Å². The van der Waals surface area contributed by atoms with Crippen LogP contribution in [-0.4, -0.2) is 108 Å². The molecule has 93 heavy (non-hydrogen) atoms. The van der Waals surface area contributed by atoms with E-state index in [0.717, 1.165) is 50.6 Å². The molecule has 15 nitrogen and oxygen atoms in total. The van der Waals surface area contributed by atoms with E-state index in [2.05, 4.69) is 66.2 Å². The Morgan fingerprint density at radius 3 is 0.828 bits per heavy atom. The smallest absolute Gasteiger partial charge is 0.270 e. The third kappa shape index (κ3) is 19.1. The number of aromatic nitrogens is 3. The van der Waals surface area contributed by atoms with Gasteiger partial charge in [0.05, 0.1) is 56.5 Å². The zero-order chi connectivity index (χ0) is 64.9. The number of carbonyl (C=O) groups is 3. The van der Waals surface area contributed by atoms with Gasteiger partial charge in [-0.25, -0.2) is 15.0 Å². The summed E-state index contributed by atoms with van der Waals surface area (Å²) in [6.45, 7) is 10.6. The molecule has 468 valence electrons. The Labute approximate surface area is 545 Å². The van der Waals surface area contributed by atoms with Crippen molar-refractivity contribution in [1.82, 2.24) is 45.6 Å². The van der Waals surface area contributed by atoms with Crippen LogP contribution in [0.1, 0.15) is 138 Å². The molecule has 0 bridgehead atoms. The second-order valence-electron chi connectivity index (χ2n) is 22.8. The summed E-state index contributed by atoms with van der Waals surface area (Å²) in [5, 5.41) is 9.50. The average Bonchev–Trinajstić information content (AvgIpc) is 1.85. The average molecular weight is 1230 g/mol. The third-order valence-electron chi connectivity index (χ3n) is 16.0. The number of hydrogen-bond acceptors (Lipinski definition) is 12. The van der Waals surface area contributed by atoms with Crippen LogP contribution in [0.5, 0.6) is 17.2 Å². The lowest BCUT2D eigenvalue weighted by Crippen LogP contribution is -2.36. The molecule has 6 aromatic carbocycles. The fourth-order valence-corrected chi connectivity index (χ4v) is 10.7. The topological polar surface area (TPSA) is 163 Å². The molecule has 0 unspecified atom stereocenters. The molecular weight excluding hydrogens is 1160 g/mol. The first-order valence-corrected chi connectivity index (χ1v) is 31.1. The molecule has 1 saturated heterocycles. The maximum atomic E-state index is 14.3. The Morgan fingerprint density at radius 2 is 0.591 bits per heavy atom. The van der Waals surface area contributed by atoms with Crippen molar-refractivity contribution in [1.29, 1.82) is 0 Å². The zero-order valence-electron chi connectivity index (χ0n) is 53.3. The number of nitrogens with one attached hydrogen (secondary N) is 3. The molecular formula is C78H75N9O6. The highest BCUT2D eigenvalue weighted by Gasteiger charge is 2.23. The highest BCUT2D eigenvalue weighted by Crippen LogP contribution is 2.21. The second kappa shape index (κ2) is 32.2. The molecule has 4 heterocycles. The molecule has 0 aliphatic carbocycles. The van der Waals surface area contributed by atoms with Crippen LogP contribution < -0.4 is 30.2 Å². The molecule has 0 spiro atoms. The van der Waals surface area contributed by atoms with Crippen molar-refractivity contribution in [3.8, 4) is 52.8 Å². The lowest BCUT2D eigenvalue weighted by atomic mass is 10.1. The molecule has 3 aromatic heterocycles.